The molecule has 1 aromatic carbocycles. The van der Waals surface area contributed by atoms with Gasteiger partial charge in [0.2, 0.25) is 0 Å². The molecule has 0 saturated carbocycles. The van der Waals surface area contributed by atoms with Crippen LogP contribution in [-0.4, -0.2) is 19.9 Å². The van der Waals surface area contributed by atoms with Crippen LogP contribution in [0.15, 0.2) is 24.3 Å². The zero-order chi connectivity index (χ0) is 12.5. The van der Waals surface area contributed by atoms with E-state index in [1.807, 2.05) is 24.3 Å². The van der Waals surface area contributed by atoms with Crippen LogP contribution >= 0.6 is 0 Å². The van der Waals surface area contributed by atoms with Crippen molar-refractivity contribution in [2.75, 3.05) is 0 Å². The van der Waals surface area contributed by atoms with Crippen molar-refractivity contribution in [3.05, 3.63) is 35.7 Å². The predicted molar refractivity (Wildman–Crippen MR) is 62.1 cm³/mol. The molecular weight excluding hydrogens is 228 g/mol. The lowest BCUT2D eigenvalue weighted by Gasteiger charge is -2.00. The molecule has 0 amide bonds. The van der Waals surface area contributed by atoms with E-state index in [-0.39, 0.29) is 22.7 Å². The number of benzene rings is 1. The van der Waals surface area contributed by atoms with Gasteiger partial charge in [-0.1, -0.05) is 12.1 Å². The Kier molecular flexibility index (Phi) is 2.08. The van der Waals surface area contributed by atoms with Gasteiger partial charge in [0, 0.05) is 0 Å². The summed E-state index contributed by atoms with van der Waals surface area (Å²) in [6.45, 7) is 0. The van der Waals surface area contributed by atoms with Gasteiger partial charge >= 0.3 is 0 Å². The third kappa shape index (κ3) is 1.41. The van der Waals surface area contributed by atoms with E-state index >= 15 is 0 Å². The summed E-state index contributed by atoms with van der Waals surface area (Å²) in [5, 5.41) is 17.7. The van der Waals surface area contributed by atoms with E-state index in [0.29, 0.717) is 11.0 Å². The summed E-state index contributed by atoms with van der Waals surface area (Å²) < 4.78 is 0. The topological polar surface area (TPSA) is 99.1 Å². The molecule has 3 aromatic rings. The number of aromatic nitrogens is 4. The second-order valence-electron chi connectivity index (χ2n) is 3.50. The number of fused-ring (bicyclic) bond motifs is 2. The van der Waals surface area contributed by atoms with Crippen LogP contribution in [0.4, 0.5) is 0 Å². The van der Waals surface area contributed by atoms with Gasteiger partial charge in [0.05, 0.1) is 11.0 Å². The first-order chi connectivity index (χ1) is 8.81. The van der Waals surface area contributed by atoms with Crippen LogP contribution in [0.25, 0.3) is 22.3 Å². The quantitative estimate of drug-likeness (QED) is 0.542. The molecule has 6 nitrogen and oxygen atoms in total. The van der Waals surface area contributed by atoms with Crippen molar-refractivity contribution in [3.63, 3.8) is 0 Å². The molecule has 0 spiro atoms. The zero-order valence-electron chi connectivity index (χ0n) is 8.99. The summed E-state index contributed by atoms with van der Waals surface area (Å²) in [4.78, 5) is 16.5. The standard InChI is InChI=1S/C12H4N6/c13-5-9-10(6-14)18-12-11(17-9)15-7-3-1-2-4-8(7)16-12/h1-4H. The van der Waals surface area contributed by atoms with Gasteiger partial charge < -0.3 is 0 Å². The van der Waals surface area contributed by atoms with Gasteiger partial charge in [-0.3, -0.25) is 0 Å². The normalized spacial score (nSPS) is 10.1. The summed E-state index contributed by atoms with van der Waals surface area (Å²) in [6, 6.07) is 10.9. The summed E-state index contributed by atoms with van der Waals surface area (Å²) in [5.41, 5.74) is 1.82. The smallest absolute Gasteiger partial charge is 0.199 e. The second kappa shape index (κ2) is 3.72. The van der Waals surface area contributed by atoms with Crippen LogP contribution in [0.1, 0.15) is 11.4 Å². The van der Waals surface area contributed by atoms with Crippen molar-refractivity contribution in [2.45, 2.75) is 0 Å². The minimum absolute atomic E-state index is 0.0328. The molecule has 0 aliphatic rings. The third-order valence-corrected chi connectivity index (χ3v) is 2.41. The molecule has 18 heavy (non-hydrogen) atoms. The fraction of sp³-hybridized carbons (Fsp3) is 0. The minimum atomic E-state index is -0.0328. The molecule has 0 aliphatic heterocycles. The van der Waals surface area contributed by atoms with Crippen LogP contribution in [0.3, 0.4) is 0 Å². The SMILES string of the molecule is N#Cc1nc2nc3ccccc3nc2nc1C#N. The number of para-hydroxylation sites is 2. The first kappa shape index (κ1) is 10.1. The van der Waals surface area contributed by atoms with E-state index in [1.165, 1.54) is 0 Å². The molecule has 0 unspecified atom stereocenters. The highest BCUT2D eigenvalue weighted by atomic mass is 15.0. The van der Waals surface area contributed by atoms with Crippen LogP contribution in [0.2, 0.25) is 0 Å². The second-order valence-corrected chi connectivity index (χ2v) is 3.50. The number of rotatable bonds is 0. The summed E-state index contributed by atoms with van der Waals surface area (Å²) >= 11 is 0. The van der Waals surface area contributed by atoms with E-state index < -0.39 is 0 Å². The number of nitrogens with zero attached hydrogens (tertiary/aromatic N) is 6. The van der Waals surface area contributed by atoms with Gasteiger partial charge in [0.1, 0.15) is 12.1 Å². The molecule has 0 fully saturated rings. The van der Waals surface area contributed by atoms with Crippen molar-refractivity contribution < 1.29 is 0 Å². The van der Waals surface area contributed by atoms with Crippen molar-refractivity contribution in [1.29, 1.82) is 10.5 Å². The zero-order valence-corrected chi connectivity index (χ0v) is 8.99. The maximum Gasteiger partial charge on any atom is 0.199 e. The Morgan fingerprint density at radius 3 is 1.56 bits per heavy atom. The van der Waals surface area contributed by atoms with Gasteiger partial charge in [0.15, 0.2) is 22.7 Å². The lowest BCUT2D eigenvalue weighted by molar-refractivity contribution is 1.14. The number of hydrogen-bond acceptors (Lipinski definition) is 6. The Hall–Kier alpha value is -3.12. The van der Waals surface area contributed by atoms with Crippen LogP contribution in [-0.2, 0) is 0 Å². The lowest BCUT2D eigenvalue weighted by Crippen LogP contribution is -1.99. The maximum atomic E-state index is 8.87. The molecule has 0 aliphatic carbocycles. The Labute approximate surface area is 101 Å². The van der Waals surface area contributed by atoms with Gasteiger partial charge in [-0.25, -0.2) is 19.9 Å². The van der Waals surface area contributed by atoms with E-state index in [9.17, 15) is 0 Å². The highest BCUT2D eigenvalue weighted by Gasteiger charge is 2.10. The molecule has 0 radical (unpaired) electrons. The molecule has 2 aromatic heterocycles. The van der Waals surface area contributed by atoms with Gasteiger partial charge in [-0.05, 0) is 12.1 Å². The van der Waals surface area contributed by atoms with Crippen LogP contribution < -0.4 is 0 Å². The number of nitriles is 2. The van der Waals surface area contributed by atoms with Crippen molar-refractivity contribution in [2.24, 2.45) is 0 Å². The van der Waals surface area contributed by atoms with Gasteiger partial charge in [-0.2, -0.15) is 10.5 Å². The Morgan fingerprint density at radius 1 is 0.722 bits per heavy atom. The number of hydrogen-bond donors (Lipinski definition) is 0. The third-order valence-electron chi connectivity index (χ3n) is 2.41. The van der Waals surface area contributed by atoms with E-state index in [1.54, 1.807) is 12.1 Å². The molecular formula is C12H4N6. The largest absolute Gasteiger partial charge is 0.224 e. The fourth-order valence-electron chi connectivity index (χ4n) is 1.61. The van der Waals surface area contributed by atoms with E-state index in [2.05, 4.69) is 19.9 Å². The first-order valence-electron chi connectivity index (χ1n) is 5.06. The van der Waals surface area contributed by atoms with Crippen molar-refractivity contribution in [1.82, 2.24) is 19.9 Å². The molecule has 6 heteroatoms. The summed E-state index contributed by atoms with van der Waals surface area (Å²) in [5.74, 6) is 0. The highest BCUT2D eigenvalue weighted by Crippen LogP contribution is 2.14. The van der Waals surface area contributed by atoms with Gasteiger partial charge in [-0.15, -0.1) is 0 Å². The molecule has 2 heterocycles. The average molecular weight is 232 g/mol. The highest BCUT2D eigenvalue weighted by molar-refractivity contribution is 5.82. The Bertz CT molecular complexity index is 784. The first-order valence-corrected chi connectivity index (χ1v) is 5.06. The summed E-state index contributed by atoms with van der Waals surface area (Å²) in [6.07, 6.45) is 0. The summed E-state index contributed by atoms with van der Waals surface area (Å²) in [7, 11) is 0. The Morgan fingerprint density at radius 2 is 1.17 bits per heavy atom. The monoisotopic (exact) mass is 232 g/mol. The van der Waals surface area contributed by atoms with Gasteiger partial charge in [0.25, 0.3) is 0 Å². The molecule has 0 bridgehead atoms. The maximum absolute atomic E-state index is 8.87. The van der Waals surface area contributed by atoms with E-state index in [0.717, 1.165) is 0 Å². The molecule has 82 valence electrons. The molecule has 0 atom stereocenters. The van der Waals surface area contributed by atoms with Crippen LogP contribution in [0.5, 0.6) is 0 Å². The molecule has 3 rings (SSSR count). The Balaban J connectivity index is 2.45. The predicted octanol–water partition coefficient (Wildman–Crippen LogP) is 1.32. The molecule has 0 N–H and O–H groups in total. The minimum Gasteiger partial charge on any atom is -0.224 e. The van der Waals surface area contributed by atoms with Crippen LogP contribution in [0, 0.1) is 22.7 Å². The average Bonchev–Trinajstić information content (AvgIpc) is 2.43. The molecule has 0 saturated heterocycles. The fourth-order valence-corrected chi connectivity index (χ4v) is 1.61. The van der Waals surface area contributed by atoms with Crippen molar-refractivity contribution >= 4 is 22.3 Å². The van der Waals surface area contributed by atoms with Crippen molar-refractivity contribution in [3.8, 4) is 12.1 Å². The van der Waals surface area contributed by atoms with E-state index in [4.69, 9.17) is 10.5 Å². The lowest BCUT2D eigenvalue weighted by atomic mass is 10.3.